The van der Waals surface area contributed by atoms with E-state index >= 15 is 0 Å². The summed E-state index contributed by atoms with van der Waals surface area (Å²) in [6, 6.07) is 9.00. The Balaban J connectivity index is 1.87. The largest absolute Gasteiger partial charge is 0.395 e. The zero-order chi connectivity index (χ0) is 12.8. The van der Waals surface area contributed by atoms with Gasteiger partial charge in [0.1, 0.15) is 0 Å². The van der Waals surface area contributed by atoms with Crippen LogP contribution in [0.5, 0.6) is 0 Å². The molecule has 1 fully saturated rings. The average molecular weight is 248 g/mol. The van der Waals surface area contributed by atoms with E-state index in [1.807, 2.05) is 0 Å². The second-order valence-corrected chi connectivity index (χ2v) is 5.03. The Morgan fingerprint density at radius 1 is 1.22 bits per heavy atom. The smallest absolute Gasteiger partial charge is 0.0584 e. The summed E-state index contributed by atoms with van der Waals surface area (Å²) in [5.74, 6) is 0. The summed E-state index contributed by atoms with van der Waals surface area (Å²) in [6.45, 7) is 5.52. The van der Waals surface area contributed by atoms with Crippen molar-refractivity contribution in [2.75, 3.05) is 24.6 Å². The molecule has 0 radical (unpaired) electrons. The topological polar surface area (TPSA) is 35.5 Å². The summed E-state index contributed by atoms with van der Waals surface area (Å²) >= 11 is 0. The van der Waals surface area contributed by atoms with Gasteiger partial charge in [-0.3, -0.25) is 0 Å². The number of anilines is 1. The molecule has 0 bridgehead atoms. The van der Waals surface area contributed by atoms with Gasteiger partial charge in [-0.1, -0.05) is 19.1 Å². The molecule has 100 valence electrons. The van der Waals surface area contributed by atoms with Crippen LogP contribution in [0, 0.1) is 0 Å². The van der Waals surface area contributed by atoms with Crippen molar-refractivity contribution >= 4 is 5.69 Å². The summed E-state index contributed by atoms with van der Waals surface area (Å²) in [6.07, 6.45) is 3.60. The third-order valence-electron chi connectivity index (χ3n) is 3.72. The van der Waals surface area contributed by atoms with Crippen LogP contribution in [-0.4, -0.2) is 30.8 Å². The van der Waals surface area contributed by atoms with Gasteiger partial charge < -0.3 is 15.3 Å². The normalized spacial score (nSPS) is 17.1. The average Bonchev–Trinajstić information content (AvgIpc) is 2.94. The number of hydrogen-bond acceptors (Lipinski definition) is 3. The lowest BCUT2D eigenvalue weighted by atomic mass is 10.1. The van der Waals surface area contributed by atoms with Crippen molar-refractivity contribution in [2.45, 2.75) is 38.8 Å². The highest BCUT2D eigenvalue weighted by Crippen LogP contribution is 2.20. The van der Waals surface area contributed by atoms with Crippen LogP contribution < -0.4 is 10.2 Å². The molecule has 18 heavy (non-hydrogen) atoms. The summed E-state index contributed by atoms with van der Waals surface area (Å²) < 4.78 is 0. The maximum Gasteiger partial charge on any atom is 0.0584 e. The van der Waals surface area contributed by atoms with E-state index in [0.29, 0.717) is 0 Å². The van der Waals surface area contributed by atoms with E-state index in [-0.39, 0.29) is 12.6 Å². The molecule has 3 nitrogen and oxygen atoms in total. The van der Waals surface area contributed by atoms with Gasteiger partial charge in [-0.15, -0.1) is 0 Å². The molecule has 0 aromatic heterocycles. The van der Waals surface area contributed by atoms with Crippen molar-refractivity contribution in [1.29, 1.82) is 0 Å². The predicted octanol–water partition coefficient (Wildman–Crippen LogP) is 2.15. The van der Waals surface area contributed by atoms with Crippen molar-refractivity contribution < 1.29 is 5.11 Å². The Morgan fingerprint density at radius 2 is 1.89 bits per heavy atom. The molecule has 0 saturated carbocycles. The molecule has 1 aromatic carbocycles. The van der Waals surface area contributed by atoms with Crippen LogP contribution in [0.3, 0.4) is 0 Å². The van der Waals surface area contributed by atoms with E-state index in [1.54, 1.807) is 0 Å². The fraction of sp³-hybridized carbons (Fsp3) is 0.600. The molecule has 0 spiro atoms. The zero-order valence-corrected chi connectivity index (χ0v) is 11.2. The van der Waals surface area contributed by atoms with Crippen LogP contribution >= 0.6 is 0 Å². The molecular weight excluding hydrogens is 224 g/mol. The van der Waals surface area contributed by atoms with Gasteiger partial charge in [0.05, 0.1) is 6.61 Å². The van der Waals surface area contributed by atoms with Crippen molar-refractivity contribution in [1.82, 2.24) is 5.32 Å². The fourth-order valence-corrected chi connectivity index (χ4v) is 2.40. The van der Waals surface area contributed by atoms with Crippen molar-refractivity contribution in [3.8, 4) is 0 Å². The highest BCUT2D eigenvalue weighted by atomic mass is 16.3. The molecule has 3 heteroatoms. The Kier molecular flexibility index (Phi) is 5.02. The molecule has 1 aromatic rings. The lowest BCUT2D eigenvalue weighted by Gasteiger charge is -2.18. The molecule has 0 unspecified atom stereocenters. The first kappa shape index (κ1) is 13.4. The quantitative estimate of drug-likeness (QED) is 0.809. The molecule has 1 atom stereocenters. The molecule has 2 rings (SSSR count). The van der Waals surface area contributed by atoms with Crippen LogP contribution in [0.25, 0.3) is 0 Å². The van der Waals surface area contributed by atoms with Crippen LogP contribution in [0.15, 0.2) is 24.3 Å². The van der Waals surface area contributed by atoms with Gasteiger partial charge >= 0.3 is 0 Å². The number of benzene rings is 1. The second-order valence-electron chi connectivity index (χ2n) is 5.03. The van der Waals surface area contributed by atoms with Crippen LogP contribution in [0.4, 0.5) is 5.69 Å². The van der Waals surface area contributed by atoms with Gasteiger partial charge in [0.15, 0.2) is 0 Å². The number of aliphatic hydroxyl groups is 1. The van der Waals surface area contributed by atoms with E-state index in [2.05, 4.69) is 41.4 Å². The zero-order valence-electron chi connectivity index (χ0n) is 11.2. The molecular formula is C15H24N2O. The predicted molar refractivity (Wildman–Crippen MR) is 75.9 cm³/mol. The SMILES string of the molecule is CC[C@@H](CO)NCc1ccc(N2CCCC2)cc1. The lowest BCUT2D eigenvalue weighted by Crippen LogP contribution is -2.31. The van der Waals surface area contributed by atoms with E-state index in [4.69, 9.17) is 5.11 Å². The van der Waals surface area contributed by atoms with Gasteiger partial charge in [0, 0.05) is 31.4 Å². The monoisotopic (exact) mass is 248 g/mol. The van der Waals surface area contributed by atoms with Crippen molar-refractivity contribution in [2.24, 2.45) is 0 Å². The maximum atomic E-state index is 9.12. The van der Waals surface area contributed by atoms with Crippen LogP contribution in [0.1, 0.15) is 31.7 Å². The van der Waals surface area contributed by atoms with Gasteiger partial charge in [0.25, 0.3) is 0 Å². The second kappa shape index (κ2) is 6.76. The van der Waals surface area contributed by atoms with Gasteiger partial charge in [0.2, 0.25) is 0 Å². The summed E-state index contributed by atoms with van der Waals surface area (Å²) in [5, 5.41) is 12.5. The minimum absolute atomic E-state index is 0.211. The number of nitrogens with one attached hydrogen (secondary N) is 1. The maximum absolute atomic E-state index is 9.12. The first-order valence-electron chi connectivity index (χ1n) is 7.01. The van der Waals surface area contributed by atoms with Crippen molar-refractivity contribution in [3.05, 3.63) is 29.8 Å². The Morgan fingerprint density at radius 3 is 2.44 bits per heavy atom. The Hall–Kier alpha value is -1.06. The van der Waals surface area contributed by atoms with E-state index in [1.165, 1.54) is 37.2 Å². The van der Waals surface area contributed by atoms with Crippen LogP contribution in [0.2, 0.25) is 0 Å². The number of aliphatic hydroxyl groups excluding tert-OH is 1. The summed E-state index contributed by atoms with van der Waals surface area (Å²) in [7, 11) is 0. The summed E-state index contributed by atoms with van der Waals surface area (Å²) in [5.41, 5.74) is 2.62. The number of rotatable bonds is 6. The molecule has 2 N–H and O–H groups in total. The van der Waals surface area contributed by atoms with Gasteiger partial charge in [-0.05, 0) is 37.0 Å². The Labute approximate surface area is 110 Å². The van der Waals surface area contributed by atoms with E-state index in [9.17, 15) is 0 Å². The molecule has 1 aliphatic rings. The first-order valence-corrected chi connectivity index (χ1v) is 7.01. The fourth-order valence-electron chi connectivity index (χ4n) is 2.40. The minimum Gasteiger partial charge on any atom is -0.395 e. The standard InChI is InChI=1S/C15H24N2O/c1-2-14(12-18)16-11-13-5-7-15(8-6-13)17-9-3-4-10-17/h5-8,14,16,18H,2-4,9-12H2,1H3/t14-/m0/s1. The lowest BCUT2D eigenvalue weighted by molar-refractivity contribution is 0.238. The summed E-state index contributed by atoms with van der Waals surface area (Å²) in [4.78, 5) is 2.44. The van der Waals surface area contributed by atoms with E-state index in [0.717, 1.165) is 13.0 Å². The highest BCUT2D eigenvalue weighted by molar-refractivity contribution is 5.48. The molecule has 1 saturated heterocycles. The number of nitrogens with zero attached hydrogens (tertiary/aromatic N) is 1. The highest BCUT2D eigenvalue weighted by Gasteiger charge is 2.11. The van der Waals surface area contributed by atoms with Crippen LogP contribution in [-0.2, 0) is 6.54 Å². The van der Waals surface area contributed by atoms with Gasteiger partial charge in [-0.2, -0.15) is 0 Å². The molecule has 0 aliphatic carbocycles. The van der Waals surface area contributed by atoms with Gasteiger partial charge in [-0.25, -0.2) is 0 Å². The third-order valence-corrected chi connectivity index (χ3v) is 3.72. The Bertz CT molecular complexity index is 340. The van der Waals surface area contributed by atoms with Crippen molar-refractivity contribution in [3.63, 3.8) is 0 Å². The molecule has 1 aliphatic heterocycles. The first-order chi connectivity index (χ1) is 8.83. The molecule has 1 heterocycles. The van der Waals surface area contributed by atoms with E-state index < -0.39 is 0 Å². The minimum atomic E-state index is 0.211. The number of hydrogen-bond donors (Lipinski definition) is 2. The third kappa shape index (κ3) is 3.47. The molecule has 0 amide bonds.